The largest absolute Gasteiger partial charge is 0.310 e. The highest BCUT2D eigenvalue weighted by Crippen LogP contribution is 2.47. The van der Waals surface area contributed by atoms with Gasteiger partial charge in [0.05, 0.1) is 5.69 Å². The molecule has 52 heavy (non-hydrogen) atoms. The van der Waals surface area contributed by atoms with Crippen molar-refractivity contribution in [2.75, 3.05) is 4.90 Å². The number of thiophene rings is 1. The molecule has 1 aliphatic carbocycles. The zero-order chi connectivity index (χ0) is 35.2. The number of rotatable bonds is 6. The fraction of sp³-hybridized carbons (Fsp3) is 0.200. The van der Waals surface area contributed by atoms with Gasteiger partial charge in [-0.2, -0.15) is 0 Å². The molecular weight excluding hydrogens is 647 g/mol. The molecular formula is C50H45NS. The van der Waals surface area contributed by atoms with Crippen LogP contribution < -0.4 is 4.90 Å². The number of fused-ring (bicyclic) bond motifs is 4. The third kappa shape index (κ3) is 5.90. The van der Waals surface area contributed by atoms with Crippen molar-refractivity contribution in [2.24, 2.45) is 0 Å². The number of para-hydroxylation sites is 1. The van der Waals surface area contributed by atoms with Crippen LogP contribution in [0.3, 0.4) is 0 Å². The number of anilines is 3. The van der Waals surface area contributed by atoms with Gasteiger partial charge < -0.3 is 4.90 Å². The third-order valence-electron chi connectivity index (χ3n) is 11.2. The second-order valence-electron chi connectivity index (χ2n) is 15.6. The van der Waals surface area contributed by atoms with Crippen LogP contribution in [0.2, 0.25) is 0 Å². The van der Waals surface area contributed by atoms with Gasteiger partial charge in [-0.3, -0.25) is 0 Å². The molecule has 2 heteroatoms. The average molecular weight is 692 g/mol. The molecule has 0 aliphatic heterocycles. The fourth-order valence-electron chi connectivity index (χ4n) is 8.57. The normalized spacial score (nSPS) is 14.0. The van der Waals surface area contributed by atoms with Gasteiger partial charge in [0.1, 0.15) is 0 Å². The summed E-state index contributed by atoms with van der Waals surface area (Å²) in [5, 5.41) is 5.40. The number of hydrogen-bond acceptors (Lipinski definition) is 2. The lowest BCUT2D eigenvalue weighted by Gasteiger charge is -2.30. The van der Waals surface area contributed by atoms with E-state index in [2.05, 4.69) is 177 Å². The molecule has 1 heterocycles. The van der Waals surface area contributed by atoms with Crippen molar-refractivity contribution in [1.82, 2.24) is 0 Å². The summed E-state index contributed by atoms with van der Waals surface area (Å²) in [4.78, 5) is 2.48. The standard InChI is InChI=1S/C50H45NS/c1-50(2,3)37-29-31-38(32-30-37)51(39-20-11-19-36(33-39)41-24-14-26-45-43-22-8-10-28-47(43)52-49(41)45)46-27-9-7-21-42(46)44-25-13-18-35-17-12-23-40(48(35)44)34-15-5-4-6-16-34/h7-14,17-34H,4-6,15-16H2,1-3H3. The SMILES string of the molecule is CC(C)(C)c1ccc(N(c2cccc(-c3cccc4c3sc3ccccc34)c2)c2ccccc2-c2cccc3cccc(C4CCCCC4)c23)cc1. The Labute approximate surface area is 312 Å². The van der Waals surface area contributed by atoms with Crippen LogP contribution in [-0.2, 0) is 5.41 Å². The van der Waals surface area contributed by atoms with E-state index < -0.39 is 0 Å². The lowest BCUT2D eigenvalue weighted by molar-refractivity contribution is 0.445. The molecule has 7 aromatic carbocycles. The van der Waals surface area contributed by atoms with Crippen molar-refractivity contribution >= 4 is 59.3 Å². The van der Waals surface area contributed by atoms with Gasteiger partial charge in [-0.25, -0.2) is 0 Å². The van der Waals surface area contributed by atoms with Gasteiger partial charge in [0.25, 0.3) is 0 Å². The molecule has 1 saturated carbocycles. The van der Waals surface area contributed by atoms with Crippen molar-refractivity contribution in [3.8, 4) is 22.3 Å². The molecule has 0 unspecified atom stereocenters. The van der Waals surface area contributed by atoms with E-state index in [0.717, 1.165) is 11.4 Å². The first-order valence-electron chi connectivity index (χ1n) is 19.0. The highest BCUT2D eigenvalue weighted by Gasteiger charge is 2.23. The van der Waals surface area contributed by atoms with Crippen LogP contribution in [0.5, 0.6) is 0 Å². The minimum Gasteiger partial charge on any atom is -0.310 e. The summed E-state index contributed by atoms with van der Waals surface area (Å²) in [5.41, 5.74) is 11.5. The Morgan fingerprint density at radius 1 is 0.558 bits per heavy atom. The van der Waals surface area contributed by atoms with Gasteiger partial charge in [-0.15, -0.1) is 11.3 Å². The van der Waals surface area contributed by atoms with E-state index in [-0.39, 0.29) is 5.41 Å². The van der Waals surface area contributed by atoms with E-state index in [0.29, 0.717) is 5.92 Å². The minimum absolute atomic E-state index is 0.0720. The van der Waals surface area contributed by atoms with Crippen molar-refractivity contribution in [3.63, 3.8) is 0 Å². The average Bonchev–Trinajstić information content (AvgIpc) is 3.57. The second kappa shape index (κ2) is 13.4. The summed E-state index contributed by atoms with van der Waals surface area (Å²) in [6.07, 6.45) is 6.56. The Balaban J connectivity index is 1.25. The van der Waals surface area contributed by atoms with E-state index in [1.165, 1.54) is 102 Å². The molecule has 1 nitrogen and oxygen atoms in total. The number of benzene rings is 7. The summed E-state index contributed by atoms with van der Waals surface area (Å²) in [5.74, 6) is 0.611. The predicted octanol–water partition coefficient (Wildman–Crippen LogP) is 15.4. The molecule has 8 aromatic rings. The molecule has 0 radical (unpaired) electrons. The fourth-order valence-corrected chi connectivity index (χ4v) is 9.81. The molecule has 0 atom stereocenters. The Morgan fingerprint density at radius 3 is 2.06 bits per heavy atom. The van der Waals surface area contributed by atoms with E-state index in [4.69, 9.17) is 0 Å². The summed E-state index contributed by atoms with van der Waals surface area (Å²) in [6, 6.07) is 56.9. The summed E-state index contributed by atoms with van der Waals surface area (Å²) in [7, 11) is 0. The van der Waals surface area contributed by atoms with Crippen LogP contribution in [0.4, 0.5) is 17.1 Å². The van der Waals surface area contributed by atoms with Crippen LogP contribution in [-0.4, -0.2) is 0 Å². The van der Waals surface area contributed by atoms with E-state index in [9.17, 15) is 0 Å². The highest BCUT2D eigenvalue weighted by atomic mass is 32.1. The van der Waals surface area contributed by atoms with Crippen LogP contribution in [0.1, 0.15) is 69.9 Å². The molecule has 0 bridgehead atoms. The van der Waals surface area contributed by atoms with Gasteiger partial charge in [0.2, 0.25) is 0 Å². The Hall–Kier alpha value is -5.18. The van der Waals surface area contributed by atoms with E-state index in [1.807, 2.05) is 11.3 Å². The number of nitrogens with zero attached hydrogens (tertiary/aromatic N) is 1. The minimum atomic E-state index is 0.0720. The zero-order valence-corrected chi connectivity index (χ0v) is 31.2. The first-order chi connectivity index (χ1) is 25.4. The van der Waals surface area contributed by atoms with Crippen LogP contribution >= 0.6 is 11.3 Å². The molecule has 9 rings (SSSR count). The molecule has 1 aliphatic rings. The maximum Gasteiger partial charge on any atom is 0.0540 e. The van der Waals surface area contributed by atoms with E-state index in [1.54, 1.807) is 0 Å². The topological polar surface area (TPSA) is 3.24 Å². The quantitative estimate of drug-likeness (QED) is 0.168. The molecule has 0 N–H and O–H groups in total. The van der Waals surface area contributed by atoms with Crippen molar-refractivity contribution in [1.29, 1.82) is 0 Å². The van der Waals surface area contributed by atoms with Crippen molar-refractivity contribution in [3.05, 3.63) is 163 Å². The lowest BCUT2D eigenvalue weighted by atomic mass is 9.80. The Bertz CT molecular complexity index is 2540. The zero-order valence-electron chi connectivity index (χ0n) is 30.4. The Kier molecular flexibility index (Phi) is 8.44. The molecule has 1 aromatic heterocycles. The van der Waals surface area contributed by atoms with Gasteiger partial charge in [0, 0.05) is 37.1 Å². The number of hydrogen-bond donors (Lipinski definition) is 0. The van der Waals surface area contributed by atoms with E-state index >= 15 is 0 Å². The van der Waals surface area contributed by atoms with Gasteiger partial charge in [0.15, 0.2) is 0 Å². The molecule has 0 spiro atoms. The van der Waals surface area contributed by atoms with Crippen LogP contribution in [0.15, 0.2) is 152 Å². The van der Waals surface area contributed by atoms with Crippen LogP contribution in [0, 0.1) is 0 Å². The van der Waals surface area contributed by atoms with Crippen molar-refractivity contribution in [2.45, 2.75) is 64.2 Å². The summed E-state index contributed by atoms with van der Waals surface area (Å²) < 4.78 is 2.67. The molecule has 256 valence electrons. The molecule has 1 fully saturated rings. The smallest absolute Gasteiger partial charge is 0.0540 e. The van der Waals surface area contributed by atoms with Crippen molar-refractivity contribution < 1.29 is 0 Å². The monoisotopic (exact) mass is 691 g/mol. The van der Waals surface area contributed by atoms with Gasteiger partial charge in [-0.1, -0.05) is 155 Å². The third-order valence-corrected chi connectivity index (χ3v) is 12.4. The first-order valence-corrected chi connectivity index (χ1v) is 19.8. The summed E-state index contributed by atoms with van der Waals surface area (Å²) >= 11 is 1.89. The van der Waals surface area contributed by atoms with Gasteiger partial charge in [-0.05, 0) is 99.2 Å². The maximum absolute atomic E-state index is 2.48. The second-order valence-corrected chi connectivity index (χ2v) is 16.6. The molecule has 0 saturated heterocycles. The van der Waals surface area contributed by atoms with Gasteiger partial charge >= 0.3 is 0 Å². The maximum atomic E-state index is 2.48. The summed E-state index contributed by atoms with van der Waals surface area (Å²) in [6.45, 7) is 6.87. The Morgan fingerprint density at radius 2 is 1.23 bits per heavy atom. The first kappa shape index (κ1) is 32.7. The lowest BCUT2D eigenvalue weighted by Crippen LogP contribution is -2.14. The molecule has 0 amide bonds. The van der Waals surface area contributed by atoms with Crippen LogP contribution in [0.25, 0.3) is 53.2 Å². The predicted molar refractivity (Wildman–Crippen MR) is 227 cm³/mol. The highest BCUT2D eigenvalue weighted by molar-refractivity contribution is 7.26.